The third kappa shape index (κ3) is 7.39. The molecular formula is C26H29N2O3+. The van der Waals surface area contributed by atoms with Crippen LogP contribution >= 0.6 is 0 Å². The van der Waals surface area contributed by atoms with Crippen molar-refractivity contribution in [3.8, 4) is 0 Å². The summed E-state index contributed by atoms with van der Waals surface area (Å²) >= 11 is 0. The van der Waals surface area contributed by atoms with Gasteiger partial charge in [0.25, 0.3) is 5.91 Å². The molecule has 3 aromatic carbocycles. The second-order valence-corrected chi connectivity index (χ2v) is 7.76. The number of rotatable bonds is 9. The van der Waals surface area contributed by atoms with Gasteiger partial charge in [0.1, 0.15) is 13.1 Å². The first-order valence-corrected chi connectivity index (χ1v) is 10.4. The van der Waals surface area contributed by atoms with E-state index in [1.165, 1.54) is 0 Å². The monoisotopic (exact) mass is 417 g/mol. The van der Waals surface area contributed by atoms with Crippen LogP contribution in [-0.4, -0.2) is 25.0 Å². The minimum atomic E-state index is -0.392. The molecule has 0 unspecified atom stereocenters. The molecule has 0 spiro atoms. The largest absolute Gasteiger partial charge is 0.451 e. The van der Waals surface area contributed by atoms with Crippen molar-refractivity contribution < 1.29 is 19.2 Å². The van der Waals surface area contributed by atoms with Gasteiger partial charge in [0.2, 0.25) is 0 Å². The van der Waals surface area contributed by atoms with Crippen molar-refractivity contribution in [1.29, 1.82) is 0 Å². The maximum atomic E-state index is 12.5. The number of ether oxygens (including phenoxy) is 1. The molecule has 31 heavy (non-hydrogen) atoms. The summed E-state index contributed by atoms with van der Waals surface area (Å²) in [6.07, 6.45) is 0. The number of carbonyl (C=O) groups excluding carboxylic acids is 2. The number of nitrogens with one attached hydrogen (secondary N) is 2. The van der Waals surface area contributed by atoms with Gasteiger partial charge >= 0.3 is 5.97 Å². The standard InChI is InChI=1S/C26H28N2O3/c1-20-13-14-24(15-21(20)2)27-25(29)19-31-26(30)18-28(16-22-9-5-3-6-10-22)17-23-11-7-4-8-12-23/h3-15H,16-19H2,1-2H3,(H,27,29)/p+1. The second-order valence-electron chi connectivity index (χ2n) is 7.76. The van der Waals surface area contributed by atoms with Gasteiger partial charge in [-0.2, -0.15) is 0 Å². The van der Waals surface area contributed by atoms with E-state index in [1.807, 2.05) is 92.7 Å². The van der Waals surface area contributed by atoms with Crippen LogP contribution in [0.3, 0.4) is 0 Å². The molecule has 3 rings (SSSR count). The van der Waals surface area contributed by atoms with Gasteiger partial charge in [0.15, 0.2) is 13.2 Å². The summed E-state index contributed by atoms with van der Waals surface area (Å²) in [5.74, 6) is -0.735. The van der Waals surface area contributed by atoms with Crippen LogP contribution in [0.4, 0.5) is 5.69 Å². The molecule has 0 heterocycles. The Labute approximate surface area is 183 Å². The predicted molar refractivity (Wildman–Crippen MR) is 122 cm³/mol. The quantitative estimate of drug-likeness (QED) is 0.526. The molecule has 0 aliphatic heterocycles. The van der Waals surface area contributed by atoms with Gasteiger partial charge in [-0.25, -0.2) is 4.79 Å². The van der Waals surface area contributed by atoms with Gasteiger partial charge in [0.05, 0.1) is 0 Å². The van der Waals surface area contributed by atoms with Crippen LogP contribution in [0.25, 0.3) is 0 Å². The SMILES string of the molecule is Cc1ccc(NC(=O)COC(=O)C[NH+](Cc2ccccc2)Cc2ccccc2)cc1C. The Hall–Kier alpha value is -3.44. The van der Waals surface area contributed by atoms with E-state index in [0.29, 0.717) is 18.8 Å². The minimum Gasteiger partial charge on any atom is -0.451 e. The van der Waals surface area contributed by atoms with E-state index >= 15 is 0 Å². The predicted octanol–water partition coefficient (Wildman–Crippen LogP) is 3.07. The fourth-order valence-electron chi connectivity index (χ4n) is 3.37. The number of carbonyl (C=O) groups is 2. The number of hydrogen-bond donors (Lipinski definition) is 2. The normalized spacial score (nSPS) is 10.7. The third-order valence-electron chi connectivity index (χ3n) is 5.14. The lowest BCUT2D eigenvalue weighted by Crippen LogP contribution is -3.10. The summed E-state index contributed by atoms with van der Waals surface area (Å²) < 4.78 is 5.26. The highest BCUT2D eigenvalue weighted by Crippen LogP contribution is 2.13. The van der Waals surface area contributed by atoms with Crippen molar-refractivity contribution in [3.63, 3.8) is 0 Å². The maximum absolute atomic E-state index is 12.5. The molecule has 0 radical (unpaired) electrons. The fraction of sp³-hybridized carbons (Fsp3) is 0.231. The van der Waals surface area contributed by atoms with Crippen LogP contribution in [0.1, 0.15) is 22.3 Å². The molecule has 3 aromatic rings. The van der Waals surface area contributed by atoms with E-state index in [1.54, 1.807) is 0 Å². The minimum absolute atomic E-state index is 0.181. The highest BCUT2D eigenvalue weighted by Gasteiger charge is 2.18. The number of esters is 1. The molecule has 5 heteroatoms. The zero-order valence-electron chi connectivity index (χ0n) is 18.1. The molecular weight excluding hydrogens is 388 g/mol. The summed E-state index contributed by atoms with van der Waals surface area (Å²) in [6.45, 7) is 5.28. The molecule has 0 saturated carbocycles. The molecule has 5 nitrogen and oxygen atoms in total. The number of anilines is 1. The summed E-state index contributed by atoms with van der Waals surface area (Å²) in [5.41, 5.74) is 5.24. The smallest absolute Gasteiger partial charge is 0.362 e. The molecule has 0 fully saturated rings. The summed E-state index contributed by atoms with van der Waals surface area (Å²) in [7, 11) is 0. The van der Waals surface area contributed by atoms with Gasteiger partial charge in [-0.05, 0) is 37.1 Å². The molecule has 0 saturated heterocycles. The van der Waals surface area contributed by atoms with E-state index in [4.69, 9.17) is 4.74 Å². The summed E-state index contributed by atoms with van der Waals surface area (Å²) in [5, 5.41) is 2.78. The lowest BCUT2D eigenvalue weighted by atomic mass is 10.1. The molecule has 0 aromatic heterocycles. The van der Waals surface area contributed by atoms with Crippen LogP contribution < -0.4 is 10.2 Å². The summed E-state index contributed by atoms with van der Waals surface area (Å²) in [6, 6.07) is 25.8. The third-order valence-corrected chi connectivity index (χ3v) is 5.14. The van der Waals surface area contributed by atoms with E-state index in [0.717, 1.165) is 27.2 Å². The molecule has 2 N–H and O–H groups in total. The Bertz CT molecular complexity index is 962. The highest BCUT2D eigenvalue weighted by molar-refractivity contribution is 5.92. The Balaban J connectivity index is 1.54. The first kappa shape index (κ1) is 22.2. The lowest BCUT2D eigenvalue weighted by molar-refractivity contribution is -0.920. The van der Waals surface area contributed by atoms with E-state index in [-0.39, 0.29) is 19.1 Å². The van der Waals surface area contributed by atoms with Gasteiger partial charge in [0, 0.05) is 16.8 Å². The van der Waals surface area contributed by atoms with Crippen LogP contribution in [0.2, 0.25) is 0 Å². The van der Waals surface area contributed by atoms with Crippen molar-refractivity contribution in [1.82, 2.24) is 0 Å². The van der Waals surface area contributed by atoms with E-state index in [2.05, 4.69) is 5.32 Å². The van der Waals surface area contributed by atoms with Crippen LogP contribution in [0.5, 0.6) is 0 Å². The average Bonchev–Trinajstić information content (AvgIpc) is 2.76. The molecule has 0 aliphatic rings. The number of benzene rings is 3. The topological polar surface area (TPSA) is 59.8 Å². The number of amides is 1. The highest BCUT2D eigenvalue weighted by atomic mass is 16.5. The molecule has 1 amide bonds. The fourth-order valence-corrected chi connectivity index (χ4v) is 3.37. The van der Waals surface area contributed by atoms with Crippen LogP contribution in [-0.2, 0) is 27.4 Å². The number of aryl methyl sites for hydroxylation is 2. The average molecular weight is 418 g/mol. The number of quaternary nitrogens is 1. The van der Waals surface area contributed by atoms with E-state index < -0.39 is 5.97 Å². The maximum Gasteiger partial charge on any atom is 0.362 e. The molecule has 160 valence electrons. The van der Waals surface area contributed by atoms with Crippen LogP contribution in [0.15, 0.2) is 78.9 Å². The molecule has 0 aliphatic carbocycles. The van der Waals surface area contributed by atoms with E-state index in [9.17, 15) is 9.59 Å². The Morgan fingerprint density at radius 1 is 0.806 bits per heavy atom. The number of hydrogen-bond acceptors (Lipinski definition) is 3. The first-order valence-electron chi connectivity index (χ1n) is 10.4. The second kappa shape index (κ2) is 11.1. The van der Waals surface area contributed by atoms with Gasteiger partial charge in [-0.3, -0.25) is 4.79 Å². The molecule has 0 bridgehead atoms. The zero-order chi connectivity index (χ0) is 22.1. The Kier molecular flexibility index (Phi) is 7.96. The molecule has 0 atom stereocenters. The van der Waals surface area contributed by atoms with Crippen molar-refractivity contribution in [2.45, 2.75) is 26.9 Å². The van der Waals surface area contributed by atoms with Gasteiger partial charge in [-0.1, -0.05) is 66.7 Å². The van der Waals surface area contributed by atoms with Crippen molar-refractivity contribution in [2.75, 3.05) is 18.5 Å². The first-order chi connectivity index (χ1) is 15.0. The van der Waals surface area contributed by atoms with Gasteiger partial charge < -0.3 is 15.0 Å². The Morgan fingerprint density at radius 3 is 1.94 bits per heavy atom. The van der Waals surface area contributed by atoms with Crippen molar-refractivity contribution in [3.05, 3.63) is 101 Å². The van der Waals surface area contributed by atoms with Gasteiger partial charge in [-0.15, -0.1) is 0 Å². The Morgan fingerprint density at radius 2 is 1.39 bits per heavy atom. The lowest BCUT2D eigenvalue weighted by Gasteiger charge is -2.19. The summed E-state index contributed by atoms with van der Waals surface area (Å²) in [4.78, 5) is 25.7. The van der Waals surface area contributed by atoms with Crippen molar-refractivity contribution >= 4 is 17.6 Å². The van der Waals surface area contributed by atoms with Crippen molar-refractivity contribution in [2.24, 2.45) is 0 Å². The zero-order valence-corrected chi connectivity index (χ0v) is 18.1. The van der Waals surface area contributed by atoms with Crippen LogP contribution in [0, 0.1) is 13.8 Å².